The van der Waals surface area contributed by atoms with Gasteiger partial charge in [0.15, 0.2) is 0 Å². The topological polar surface area (TPSA) is 57.5 Å². The van der Waals surface area contributed by atoms with E-state index in [0.717, 1.165) is 6.42 Å². The van der Waals surface area contributed by atoms with Crippen LogP contribution in [0.2, 0.25) is 0 Å². The summed E-state index contributed by atoms with van der Waals surface area (Å²) in [5.74, 6) is 0. The lowest BCUT2D eigenvalue weighted by molar-refractivity contribution is 0.370. The molecule has 0 aromatic carbocycles. The van der Waals surface area contributed by atoms with E-state index in [1.807, 2.05) is 0 Å². The summed E-state index contributed by atoms with van der Waals surface area (Å²) in [6.45, 7) is -0.337. The molecule has 0 aliphatic heterocycles. The molecule has 68 valence electrons. The summed E-state index contributed by atoms with van der Waals surface area (Å²) >= 11 is 0. The van der Waals surface area contributed by atoms with Crippen molar-refractivity contribution in [2.75, 3.05) is 12.8 Å². The van der Waals surface area contributed by atoms with Crippen LogP contribution in [0.1, 0.15) is 25.7 Å². The summed E-state index contributed by atoms with van der Waals surface area (Å²) in [4.78, 5) is 16.8. The smallest absolute Gasteiger partial charge is 0.324 e. The van der Waals surface area contributed by atoms with Crippen LogP contribution in [0.5, 0.6) is 0 Å². The maximum atomic E-state index is 11.5. The molecule has 0 radical (unpaired) electrons. The largest absolute Gasteiger partial charge is 0.325 e. The fourth-order valence-electron chi connectivity index (χ4n) is 0.766. The molecule has 2 N–H and O–H groups in total. The second-order valence-corrected chi connectivity index (χ2v) is 4.27. The van der Waals surface area contributed by atoms with Crippen LogP contribution >= 0.6 is 7.60 Å². The van der Waals surface area contributed by atoms with Crippen molar-refractivity contribution in [1.29, 1.82) is 0 Å². The number of halogens is 1. The van der Waals surface area contributed by atoms with Gasteiger partial charge in [-0.15, -0.1) is 0 Å². The first-order valence-electron chi connectivity index (χ1n) is 3.67. The van der Waals surface area contributed by atoms with Gasteiger partial charge in [-0.1, -0.05) is 12.8 Å². The van der Waals surface area contributed by atoms with Gasteiger partial charge < -0.3 is 9.79 Å². The fraction of sp³-hybridized carbons (Fsp3) is 1.00. The minimum atomic E-state index is -3.81. The predicted octanol–water partition coefficient (Wildman–Crippen LogP) is 1.69. The molecule has 0 heterocycles. The van der Waals surface area contributed by atoms with Crippen LogP contribution in [-0.4, -0.2) is 22.6 Å². The first-order valence-corrected chi connectivity index (χ1v) is 5.46. The summed E-state index contributed by atoms with van der Waals surface area (Å²) in [5, 5.41) is 0. The highest BCUT2D eigenvalue weighted by atomic mass is 31.2. The van der Waals surface area contributed by atoms with E-state index < -0.39 is 7.60 Å². The van der Waals surface area contributed by atoms with Crippen molar-refractivity contribution in [3.8, 4) is 0 Å². The maximum Gasteiger partial charge on any atom is 0.325 e. The molecule has 0 unspecified atom stereocenters. The Morgan fingerprint density at radius 2 is 1.64 bits per heavy atom. The lowest BCUT2D eigenvalue weighted by Gasteiger charge is -2.01. The molecule has 5 heteroatoms. The van der Waals surface area contributed by atoms with Gasteiger partial charge >= 0.3 is 7.60 Å². The van der Waals surface area contributed by atoms with Crippen molar-refractivity contribution >= 4 is 7.60 Å². The Morgan fingerprint density at radius 3 is 2.09 bits per heavy atom. The molecule has 0 saturated heterocycles. The molecule has 0 bridgehead atoms. The third kappa shape index (κ3) is 10.1. The molecule has 0 spiro atoms. The van der Waals surface area contributed by atoms with E-state index in [9.17, 15) is 8.96 Å². The van der Waals surface area contributed by atoms with Crippen molar-refractivity contribution in [3.05, 3.63) is 0 Å². The van der Waals surface area contributed by atoms with Gasteiger partial charge in [-0.25, -0.2) is 0 Å². The molecule has 0 aromatic rings. The SMILES string of the molecule is O=P(O)(O)CCCCCCF. The second kappa shape index (κ2) is 5.70. The Labute approximate surface area is 65.8 Å². The van der Waals surface area contributed by atoms with Crippen molar-refractivity contribution in [1.82, 2.24) is 0 Å². The zero-order valence-electron chi connectivity index (χ0n) is 6.37. The molecule has 0 rings (SSSR count). The van der Waals surface area contributed by atoms with Gasteiger partial charge in [0.2, 0.25) is 0 Å². The number of hydrogen-bond donors (Lipinski definition) is 2. The van der Waals surface area contributed by atoms with E-state index in [1.165, 1.54) is 0 Å². The van der Waals surface area contributed by atoms with Gasteiger partial charge in [-0.05, 0) is 12.8 Å². The molecule has 0 aliphatic rings. The van der Waals surface area contributed by atoms with Crippen molar-refractivity contribution in [2.45, 2.75) is 25.7 Å². The zero-order valence-corrected chi connectivity index (χ0v) is 7.26. The maximum absolute atomic E-state index is 11.5. The predicted molar refractivity (Wildman–Crippen MR) is 41.4 cm³/mol. The molecule has 0 atom stereocenters. The highest BCUT2D eigenvalue weighted by Crippen LogP contribution is 2.35. The standard InChI is InChI=1S/C6H14FO3P/c7-5-3-1-2-4-6-11(8,9)10/h1-6H2,(H2,8,9,10). The van der Waals surface area contributed by atoms with Crippen LogP contribution in [0.3, 0.4) is 0 Å². The minimum absolute atomic E-state index is 0.0702. The minimum Gasteiger partial charge on any atom is -0.324 e. The highest BCUT2D eigenvalue weighted by molar-refractivity contribution is 7.51. The van der Waals surface area contributed by atoms with E-state index in [-0.39, 0.29) is 12.8 Å². The molecule has 0 aromatic heterocycles. The quantitative estimate of drug-likeness (QED) is 0.487. The number of unbranched alkanes of at least 4 members (excludes halogenated alkanes) is 3. The van der Waals surface area contributed by atoms with E-state index in [4.69, 9.17) is 9.79 Å². The van der Waals surface area contributed by atoms with Crippen LogP contribution in [-0.2, 0) is 4.57 Å². The number of alkyl halides is 1. The number of hydrogen-bond acceptors (Lipinski definition) is 1. The van der Waals surface area contributed by atoms with Crippen molar-refractivity contribution < 1.29 is 18.7 Å². The molecule has 11 heavy (non-hydrogen) atoms. The molecule has 3 nitrogen and oxygen atoms in total. The summed E-state index contributed by atoms with van der Waals surface area (Å²) < 4.78 is 21.8. The van der Waals surface area contributed by atoms with E-state index in [2.05, 4.69) is 0 Å². The van der Waals surface area contributed by atoms with Gasteiger partial charge in [0, 0.05) is 6.16 Å². The summed E-state index contributed by atoms with van der Waals surface area (Å²) in [7, 11) is -3.81. The van der Waals surface area contributed by atoms with Crippen molar-refractivity contribution in [3.63, 3.8) is 0 Å². The lowest BCUT2D eigenvalue weighted by Crippen LogP contribution is -1.88. The normalized spacial score (nSPS) is 11.9. The molecule has 0 amide bonds. The highest BCUT2D eigenvalue weighted by Gasteiger charge is 2.10. The molecular formula is C6H14FO3P. The molecule has 0 aliphatic carbocycles. The Hall–Kier alpha value is 0.0800. The number of rotatable bonds is 6. The first kappa shape index (κ1) is 11.1. The van der Waals surface area contributed by atoms with Gasteiger partial charge in [0.1, 0.15) is 0 Å². The average molecular weight is 184 g/mol. The third-order valence-electron chi connectivity index (χ3n) is 1.33. The van der Waals surface area contributed by atoms with Crippen LogP contribution in [0.4, 0.5) is 4.39 Å². The average Bonchev–Trinajstić information content (AvgIpc) is 1.85. The Kier molecular flexibility index (Phi) is 5.74. The van der Waals surface area contributed by atoms with Crippen LogP contribution in [0.15, 0.2) is 0 Å². The molecule has 0 fully saturated rings. The van der Waals surface area contributed by atoms with Crippen LogP contribution in [0.25, 0.3) is 0 Å². The summed E-state index contributed by atoms with van der Waals surface area (Å²) in [6.07, 6.45) is 2.34. The monoisotopic (exact) mass is 184 g/mol. The lowest BCUT2D eigenvalue weighted by atomic mass is 10.2. The van der Waals surface area contributed by atoms with Crippen molar-refractivity contribution in [2.24, 2.45) is 0 Å². The van der Waals surface area contributed by atoms with Gasteiger partial charge in [-0.2, -0.15) is 0 Å². The molecule has 0 saturated carbocycles. The van der Waals surface area contributed by atoms with Crippen LogP contribution in [0, 0.1) is 0 Å². The summed E-state index contributed by atoms with van der Waals surface area (Å²) in [5.41, 5.74) is 0. The van der Waals surface area contributed by atoms with Gasteiger partial charge in [0.25, 0.3) is 0 Å². The van der Waals surface area contributed by atoms with Gasteiger partial charge in [0.05, 0.1) is 6.67 Å². The fourth-order valence-corrected chi connectivity index (χ4v) is 1.40. The van der Waals surface area contributed by atoms with Crippen LogP contribution < -0.4 is 0 Å². The Bertz CT molecular complexity index is 134. The van der Waals surface area contributed by atoms with E-state index >= 15 is 0 Å². The Morgan fingerprint density at radius 1 is 1.09 bits per heavy atom. The summed E-state index contributed by atoms with van der Waals surface area (Å²) in [6, 6.07) is 0. The van der Waals surface area contributed by atoms with Gasteiger partial charge in [-0.3, -0.25) is 8.96 Å². The van der Waals surface area contributed by atoms with E-state index in [0.29, 0.717) is 19.3 Å². The zero-order chi connectivity index (χ0) is 8.74. The first-order chi connectivity index (χ1) is 5.06. The Balaban J connectivity index is 3.09. The van der Waals surface area contributed by atoms with E-state index in [1.54, 1.807) is 0 Å². The second-order valence-electron chi connectivity index (χ2n) is 2.49. The molecular weight excluding hydrogens is 170 g/mol. The third-order valence-corrected chi connectivity index (χ3v) is 2.23.